The maximum atomic E-state index is 12.7. The molecule has 0 saturated heterocycles. The van der Waals surface area contributed by atoms with Crippen LogP contribution in [0.5, 0.6) is 0 Å². The van der Waals surface area contributed by atoms with Crippen molar-refractivity contribution >= 4 is 17.2 Å². The third-order valence-corrected chi connectivity index (χ3v) is 2.99. The smallest absolute Gasteiger partial charge is 0.382 e. The summed E-state index contributed by atoms with van der Waals surface area (Å²) in [6.45, 7) is 3.74. The van der Waals surface area contributed by atoms with Crippen LogP contribution in [0.3, 0.4) is 0 Å². The van der Waals surface area contributed by atoms with Crippen molar-refractivity contribution in [1.29, 1.82) is 0 Å². The molecule has 0 aliphatic heterocycles. The van der Waals surface area contributed by atoms with E-state index in [1.165, 1.54) is 0 Å². The Hall–Kier alpha value is -2.24. The van der Waals surface area contributed by atoms with E-state index in [4.69, 9.17) is 5.73 Å². The second-order valence-electron chi connectivity index (χ2n) is 4.55. The Morgan fingerprint density at radius 3 is 2.30 bits per heavy atom. The van der Waals surface area contributed by atoms with Gasteiger partial charge in [0.05, 0.1) is 11.3 Å². The summed E-state index contributed by atoms with van der Waals surface area (Å²) in [4.78, 5) is 3.60. The number of benzene rings is 1. The summed E-state index contributed by atoms with van der Waals surface area (Å²) in [5, 5.41) is 2.93. The lowest BCUT2D eigenvalue weighted by Crippen LogP contribution is -2.09. The number of rotatable bonds is 2. The van der Waals surface area contributed by atoms with E-state index in [0.717, 1.165) is 29.1 Å². The van der Waals surface area contributed by atoms with Gasteiger partial charge in [-0.15, -0.1) is 0 Å². The van der Waals surface area contributed by atoms with Crippen LogP contribution in [0, 0.1) is 13.8 Å². The third-order valence-electron chi connectivity index (χ3n) is 2.99. The van der Waals surface area contributed by atoms with Gasteiger partial charge in [0, 0.05) is 11.9 Å². The molecule has 0 aliphatic carbocycles. The zero-order valence-corrected chi connectivity index (χ0v) is 11.0. The number of anilines is 3. The summed E-state index contributed by atoms with van der Waals surface area (Å²) in [5.74, 6) is 0.0284. The average Bonchev–Trinajstić information content (AvgIpc) is 2.34. The van der Waals surface area contributed by atoms with Crippen molar-refractivity contribution in [3.05, 3.63) is 47.2 Å². The first-order valence-corrected chi connectivity index (χ1v) is 5.95. The van der Waals surface area contributed by atoms with Crippen LogP contribution < -0.4 is 11.1 Å². The van der Waals surface area contributed by atoms with Crippen LogP contribution in [0.1, 0.15) is 16.7 Å². The number of hydrogen-bond acceptors (Lipinski definition) is 3. The molecule has 20 heavy (non-hydrogen) atoms. The minimum Gasteiger partial charge on any atom is -0.382 e. The average molecular weight is 281 g/mol. The van der Waals surface area contributed by atoms with Crippen molar-refractivity contribution in [3.63, 3.8) is 0 Å². The molecule has 1 heterocycles. The first kappa shape index (κ1) is 14.2. The SMILES string of the molecule is Cc1cccc(C)c1Nc1cc(C(F)(F)F)cnc1N. The fourth-order valence-corrected chi connectivity index (χ4v) is 1.88. The summed E-state index contributed by atoms with van der Waals surface area (Å²) in [6, 6.07) is 6.58. The lowest BCUT2D eigenvalue weighted by Gasteiger charge is -2.15. The Bertz CT molecular complexity index is 616. The molecule has 2 aromatic rings. The number of nitrogens with one attached hydrogen (secondary N) is 1. The lowest BCUT2D eigenvalue weighted by molar-refractivity contribution is -0.137. The molecule has 3 N–H and O–H groups in total. The molecular formula is C14H14F3N3. The topological polar surface area (TPSA) is 50.9 Å². The summed E-state index contributed by atoms with van der Waals surface area (Å²) < 4.78 is 38.1. The molecule has 0 bridgehead atoms. The van der Waals surface area contributed by atoms with Gasteiger partial charge in [0.25, 0.3) is 0 Å². The van der Waals surface area contributed by atoms with Gasteiger partial charge in [0.15, 0.2) is 0 Å². The van der Waals surface area contributed by atoms with Crippen LogP contribution in [0.4, 0.5) is 30.4 Å². The highest BCUT2D eigenvalue weighted by Gasteiger charge is 2.31. The van der Waals surface area contributed by atoms with Gasteiger partial charge in [-0.2, -0.15) is 13.2 Å². The zero-order chi connectivity index (χ0) is 14.9. The molecule has 1 aromatic carbocycles. The highest BCUT2D eigenvalue weighted by molar-refractivity contribution is 5.73. The van der Waals surface area contributed by atoms with E-state index in [9.17, 15) is 13.2 Å². The number of para-hydroxylation sites is 1. The fourth-order valence-electron chi connectivity index (χ4n) is 1.88. The Morgan fingerprint density at radius 1 is 1.15 bits per heavy atom. The van der Waals surface area contributed by atoms with Crippen LogP contribution in [0.2, 0.25) is 0 Å². The van der Waals surface area contributed by atoms with Crippen LogP contribution in [0.25, 0.3) is 0 Å². The Kier molecular flexibility index (Phi) is 3.57. The van der Waals surface area contributed by atoms with Gasteiger partial charge in [-0.3, -0.25) is 0 Å². The maximum Gasteiger partial charge on any atom is 0.417 e. The predicted octanol–water partition coefficient (Wildman–Crippen LogP) is 4.04. The van der Waals surface area contributed by atoms with Crippen LogP contribution >= 0.6 is 0 Å². The summed E-state index contributed by atoms with van der Waals surface area (Å²) in [5.41, 5.74) is 7.53. The fraction of sp³-hybridized carbons (Fsp3) is 0.214. The number of halogens is 3. The van der Waals surface area contributed by atoms with Crippen molar-refractivity contribution in [2.75, 3.05) is 11.1 Å². The number of nitrogen functional groups attached to an aromatic ring is 1. The summed E-state index contributed by atoms with van der Waals surface area (Å²) >= 11 is 0. The third kappa shape index (κ3) is 2.84. The highest BCUT2D eigenvalue weighted by atomic mass is 19.4. The number of hydrogen-bond donors (Lipinski definition) is 2. The van der Waals surface area contributed by atoms with E-state index in [-0.39, 0.29) is 11.5 Å². The zero-order valence-electron chi connectivity index (χ0n) is 11.0. The van der Waals surface area contributed by atoms with Crippen molar-refractivity contribution < 1.29 is 13.2 Å². The molecule has 0 unspecified atom stereocenters. The minimum atomic E-state index is -4.45. The van der Waals surface area contributed by atoms with Gasteiger partial charge in [-0.1, -0.05) is 18.2 Å². The monoisotopic (exact) mass is 281 g/mol. The largest absolute Gasteiger partial charge is 0.417 e. The summed E-state index contributed by atoms with van der Waals surface area (Å²) in [6.07, 6.45) is -3.72. The molecule has 0 fully saturated rings. The van der Waals surface area contributed by atoms with Gasteiger partial charge in [0.1, 0.15) is 5.82 Å². The number of pyridine rings is 1. The molecule has 6 heteroatoms. The van der Waals surface area contributed by atoms with Gasteiger partial charge < -0.3 is 11.1 Å². The van der Waals surface area contributed by atoms with Gasteiger partial charge in [-0.25, -0.2) is 4.98 Å². The lowest BCUT2D eigenvalue weighted by atomic mass is 10.1. The molecule has 0 radical (unpaired) electrons. The Morgan fingerprint density at radius 2 is 1.75 bits per heavy atom. The standard InChI is InChI=1S/C14H14F3N3/c1-8-4-3-5-9(2)12(8)20-11-6-10(14(15,16)17)7-19-13(11)18/h3-7,20H,1-2H3,(H2,18,19). The Labute approximate surface area is 114 Å². The number of alkyl halides is 3. The Balaban J connectivity index is 2.43. The van der Waals surface area contributed by atoms with E-state index < -0.39 is 11.7 Å². The van der Waals surface area contributed by atoms with E-state index >= 15 is 0 Å². The second kappa shape index (κ2) is 5.03. The number of aryl methyl sites for hydroxylation is 2. The molecule has 1 aromatic heterocycles. The van der Waals surface area contributed by atoms with Gasteiger partial charge in [0.2, 0.25) is 0 Å². The first-order valence-electron chi connectivity index (χ1n) is 5.95. The minimum absolute atomic E-state index is 0.0284. The predicted molar refractivity (Wildman–Crippen MR) is 72.9 cm³/mol. The van der Waals surface area contributed by atoms with Gasteiger partial charge in [-0.05, 0) is 31.0 Å². The van der Waals surface area contributed by atoms with E-state index in [2.05, 4.69) is 10.3 Å². The van der Waals surface area contributed by atoms with Crippen LogP contribution in [-0.2, 0) is 6.18 Å². The van der Waals surface area contributed by atoms with Crippen LogP contribution in [0.15, 0.2) is 30.5 Å². The molecule has 0 amide bonds. The molecular weight excluding hydrogens is 267 g/mol. The first-order chi connectivity index (χ1) is 9.29. The second-order valence-corrected chi connectivity index (χ2v) is 4.55. The highest BCUT2D eigenvalue weighted by Crippen LogP contribution is 2.33. The van der Waals surface area contributed by atoms with E-state index in [1.54, 1.807) is 0 Å². The van der Waals surface area contributed by atoms with E-state index in [1.807, 2.05) is 32.0 Å². The molecule has 0 spiro atoms. The maximum absolute atomic E-state index is 12.7. The number of nitrogens with two attached hydrogens (primary N) is 1. The normalized spacial score (nSPS) is 11.4. The summed E-state index contributed by atoms with van der Waals surface area (Å²) in [7, 11) is 0. The van der Waals surface area contributed by atoms with Crippen molar-refractivity contribution in [3.8, 4) is 0 Å². The molecule has 106 valence electrons. The van der Waals surface area contributed by atoms with Crippen molar-refractivity contribution in [2.24, 2.45) is 0 Å². The molecule has 0 atom stereocenters. The van der Waals surface area contributed by atoms with Crippen molar-refractivity contribution in [1.82, 2.24) is 4.98 Å². The molecule has 2 rings (SSSR count). The van der Waals surface area contributed by atoms with Crippen molar-refractivity contribution in [2.45, 2.75) is 20.0 Å². The molecule has 0 aliphatic rings. The van der Waals surface area contributed by atoms with Gasteiger partial charge >= 0.3 is 6.18 Å². The molecule has 0 saturated carbocycles. The number of nitrogens with zero attached hydrogens (tertiary/aromatic N) is 1. The number of aromatic nitrogens is 1. The van der Waals surface area contributed by atoms with E-state index in [0.29, 0.717) is 0 Å². The van der Waals surface area contributed by atoms with Crippen LogP contribution in [-0.4, -0.2) is 4.98 Å². The molecule has 3 nitrogen and oxygen atoms in total. The quantitative estimate of drug-likeness (QED) is 0.873.